The average molecular weight is 1030 g/mol. The Labute approximate surface area is 447 Å². The fraction of sp³-hybridized carbons (Fsp3) is 0.855. The van der Waals surface area contributed by atoms with Gasteiger partial charge in [-0.05, 0) is 77.0 Å². The number of unbranched alkanes of at least 4 members (excludes halogenated alkanes) is 33. The topological polar surface area (TPSA) is 189 Å². The van der Waals surface area contributed by atoms with Crippen molar-refractivity contribution in [3.8, 4) is 0 Å². The molecule has 9 atom stereocenters. The molecular formula is C62H115NO10. The molecule has 9 unspecified atom stereocenters. The van der Waals surface area contributed by atoms with Crippen molar-refractivity contribution in [2.24, 2.45) is 0 Å². The molecular weight excluding hydrogens is 919 g/mol. The molecule has 0 bridgehead atoms. The third kappa shape index (κ3) is 39.1. The Morgan fingerprint density at radius 3 is 1.33 bits per heavy atom. The Morgan fingerprint density at radius 1 is 0.479 bits per heavy atom. The van der Waals surface area contributed by atoms with Gasteiger partial charge in [0.05, 0.1) is 25.4 Å². The number of hydrogen-bond donors (Lipinski definition) is 8. The largest absolute Gasteiger partial charge is 0.394 e. The van der Waals surface area contributed by atoms with Crippen molar-refractivity contribution >= 4 is 5.91 Å². The van der Waals surface area contributed by atoms with E-state index in [9.17, 15) is 40.5 Å². The van der Waals surface area contributed by atoms with Crippen LogP contribution < -0.4 is 5.32 Å². The summed E-state index contributed by atoms with van der Waals surface area (Å²) in [5, 5.41) is 76.0. The first-order valence-corrected chi connectivity index (χ1v) is 30.6. The average Bonchev–Trinajstić information content (AvgIpc) is 3.39. The van der Waals surface area contributed by atoms with Gasteiger partial charge >= 0.3 is 0 Å². The summed E-state index contributed by atoms with van der Waals surface area (Å²) in [7, 11) is 0. The summed E-state index contributed by atoms with van der Waals surface area (Å²) in [4.78, 5) is 13.1. The summed E-state index contributed by atoms with van der Waals surface area (Å²) in [5.74, 6) is -0.723. The minimum Gasteiger partial charge on any atom is -0.394 e. The van der Waals surface area contributed by atoms with Crippen LogP contribution in [-0.2, 0) is 14.3 Å². The van der Waals surface area contributed by atoms with Crippen LogP contribution in [0.1, 0.15) is 271 Å². The maximum atomic E-state index is 13.1. The monoisotopic (exact) mass is 1030 g/mol. The number of allylic oxidation sites excluding steroid dienone is 8. The van der Waals surface area contributed by atoms with Gasteiger partial charge in [-0.1, -0.05) is 242 Å². The number of carbonyl (C=O) groups is 1. The van der Waals surface area contributed by atoms with E-state index in [-0.39, 0.29) is 12.8 Å². The summed E-state index contributed by atoms with van der Waals surface area (Å²) in [6, 6.07) is -1.20. The van der Waals surface area contributed by atoms with Crippen LogP contribution in [0, 0.1) is 0 Å². The normalized spacial score (nSPS) is 20.3. The maximum Gasteiger partial charge on any atom is 0.249 e. The molecule has 1 fully saturated rings. The Hall–Kier alpha value is -1.93. The highest BCUT2D eigenvalue weighted by Gasteiger charge is 2.44. The molecule has 11 nitrogen and oxygen atoms in total. The minimum absolute atomic E-state index is 0.231. The highest BCUT2D eigenvalue weighted by molar-refractivity contribution is 5.80. The minimum atomic E-state index is -1.68. The summed E-state index contributed by atoms with van der Waals surface area (Å²) >= 11 is 0. The SMILES string of the molecule is CCCCC/C=C\C=C/CCCCCCCC(O)C(=O)NC(COC1OC(CO)C(O)C(O)C1O)C(O)C(O)CCC/C=C/CC/C=C/CCCCCCCCCCCCCCCCCCCCCCCCC. The number of amides is 1. The summed E-state index contributed by atoms with van der Waals surface area (Å²) in [6.07, 6.45) is 53.4. The number of hydrogen-bond acceptors (Lipinski definition) is 10. The molecule has 73 heavy (non-hydrogen) atoms. The zero-order valence-electron chi connectivity index (χ0n) is 46.9. The first-order valence-electron chi connectivity index (χ1n) is 30.6. The molecule has 0 aliphatic carbocycles. The molecule has 8 N–H and O–H groups in total. The van der Waals surface area contributed by atoms with Gasteiger partial charge in [0, 0.05) is 0 Å². The van der Waals surface area contributed by atoms with E-state index in [1.54, 1.807) is 0 Å². The second-order valence-electron chi connectivity index (χ2n) is 21.4. The third-order valence-corrected chi connectivity index (χ3v) is 14.6. The molecule has 1 aliphatic rings. The number of nitrogens with one attached hydrogen (secondary N) is 1. The molecule has 1 rings (SSSR count). The summed E-state index contributed by atoms with van der Waals surface area (Å²) in [6.45, 7) is 3.41. The lowest BCUT2D eigenvalue weighted by molar-refractivity contribution is -0.303. The van der Waals surface area contributed by atoms with E-state index in [1.165, 1.54) is 167 Å². The van der Waals surface area contributed by atoms with Crippen LogP contribution in [-0.4, -0.2) is 110 Å². The number of carbonyl (C=O) groups excluding carboxylic acids is 1. The fourth-order valence-electron chi connectivity index (χ4n) is 9.63. The van der Waals surface area contributed by atoms with Crippen molar-refractivity contribution in [3.63, 3.8) is 0 Å². The van der Waals surface area contributed by atoms with E-state index in [0.29, 0.717) is 19.3 Å². The number of aliphatic hydroxyl groups is 7. The molecule has 1 saturated heterocycles. The van der Waals surface area contributed by atoms with Crippen LogP contribution in [0.2, 0.25) is 0 Å². The molecule has 1 aliphatic heterocycles. The summed E-state index contributed by atoms with van der Waals surface area (Å²) < 4.78 is 11.1. The lowest BCUT2D eigenvalue weighted by atomic mass is 9.98. The smallest absolute Gasteiger partial charge is 0.249 e. The highest BCUT2D eigenvalue weighted by Crippen LogP contribution is 2.23. The standard InChI is InChI=1S/C62H115NO10/c1-3-5-7-9-11-13-15-17-19-20-21-22-23-24-25-26-27-28-29-30-31-32-33-34-35-36-38-39-41-43-45-47-49-54(65)57(67)53(52-72-62-60(70)59(69)58(68)56(51-64)73-62)63-61(71)55(66)50-48-46-44-42-40-37-18-16-14-12-10-8-6-4-2/h12,14,16,18,35-36,41,43,53-60,62,64-70H,3-11,13,15,17,19-34,37-40,42,44-52H2,1-2H3,(H,63,71)/b14-12-,18-16-,36-35+,43-41+. The predicted octanol–water partition coefficient (Wildman–Crippen LogP) is 13.2. The van der Waals surface area contributed by atoms with Crippen molar-refractivity contribution in [2.75, 3.05) is 13.2 Å². The van der Waals surface area contributed by atoms with Gasteiger partial charge in [0.1, 0.15) is 36.6 Å². The molecule has 0 radical (unpaired) electrons. The van der Waals surface area contributed by atoms with E-state index in [1.807, 2.05) is 0 Å². The number of rotatable bonds is 52. The van der Waals surface area contributed by atoms with Gasteiger partial charge in [-0.3, -0.25) is 4.79 Å². The molecule has 11 heteroatoms. The van der Waals surface area contributed by atoms with Crippen LogP contribution in [0.25, 0.3) is 0 Å². The number of aliphatic hydroxyl groups excluding tert-OH is 7. The molecule has 428 valence electrons. The molecule has 1 heterocycles. The van der Waals surface area contributed by atoms with Crippen molar-refractivity contribution in [2.45, 2.75) is 326 Å². The lowest BCUT2D eigenvalue weighted by Gasteiger charge is -2.40. The van der Waals surface area contributed by atoms with Crippen LogP contribution in [0.15, 0.2) is 48.6 Å². The predicted molar refractivity (Wildman–Crippen MR) is 302 cm³/mol. The lowest BCUT2D eigenvalue weighted by Crippen LogP contribution is -2.60. The first kappa shape index (κ1) is 69.1. The van der Waals surface area contributed by atoms with E-state index in [2.05, 4.69) is 67.8 Å². The van der Waals surface area contributed by atoms with Gasteiger partial charge in [0.25, 0.3) is 0 Å². The Kier molecular flexibility index (Phi) is 48.1. The van der Waals surface area contributed by atoms with Gasteiger partial charge in [-0.25, -0.2) is 0 Å². The van der Waals surface area contributed by atoms with Crippen LogP contribution in [0.5, 0.6) is 0 Å². The fourth-order valence-corrected chi connectivity index (χ4v) is 9.63. The Balaban J connectivity index is 2.25. The van der Waals surface area contributed by atoms with Crippen molar-refractivity contribution < 1.29 is 50.0 Å². The van der Waals surface area contributed by atoms with Crippen molar-refractivity contribution in [1.29, 1.82) is 0 Å². The maximum absolute atomic E-state index is 13.1. The Morgan fingerprint density at radius 2 is 0.863 bits per heavy atom. The molecule has 1 amide bonds. The molecule has 0 spiro atoms. The summed E-state index contributed by atoms with van der Waals surface area (Å²) in [5.41, 5.74) is 0. The first-order chi connectivity index (χ1) is 35.7. The molecule has 0 aromatic rings. The van der Waals surface area contributed by atoms with Gasteiger partial charge < -0.3 is 50.5 Å². The van der Waals surface area contributed by atoms with Crippen LogP contribution in [0.4, 0.5) is 0 Å². The second-order valence-corrected chi connectivity index (χ2v) is 21.4. The molecule has 0 aromatic carbocycles. The number of ether oxygens (including phenoxy) is 2. The van der Waals surface area contributed by atoms with Gasteiger partial charge in [0.15, 0.2) is 6.29 Å². The van der Waals surface area contributed by atoms with Crippen LogP contribution >= 0.6 is 0 Å². The van der Waals surface area contributed by atoms with E-state index < -0.39 is 74.2 Å². The van der Waals surface area contributed by atoms with Gasteiger partial charge in [0.2, 0.25) is 5.91 Å². The molecule has 0 saturated carbocycles. The van der Waals surface area contributed by atoms with Gasteiger partial charge in [-0.2, -0.15) is 0 Å². The van der Waals surface area contributed by atoms with Crippen molar-refractivity contribution in [1.82, 2.24) is 5.32 Å². The zero-order valence-corrected chi connectivity index (χ0v) is 46.9. The second kappa shape index (κ2) is 50.9. The molecule has 0 aromatic heterocycles. The van der Waals surface area contributed by atoms with Gasteiger partial charge in [-0.15, -0.1) is 0 Å². The quantitative estimate of drug-likeness (QED) is 0.0165. The highest BCUT2D eigenvalue weighted by atomic mass is 16.7. The van der Waals surface area contributed by atoms with E-state index >= 15 is 0 Å². The van der Waals surface area contributed by atoms with E-state index in [0.717, 1.165) is 57.8 Å². The third-order valence-electron chi connectivity index (χ3n) is 14.6. The Bertz CT molecular complexity index is 1320. The zero-order chi connectivity index (χ0) is 53.3. The van der Waals surface area contributed by atoms with E-state index in [4.69, 9.17) is 9.47 Å². The van der Waals surface area contributed by atoms with Crippen molar-refractivity contribution in [3.05, 3.63) is 48.6 Å². The van der Waals surface area contributed by atoms with Crippen LogP contribution in [0.3, 0.4) is 0 Å².